The topological polar surface area (TPSA) is 55.4 Å². The number of carbonyl (C=O) groups excluding carboxylic acids is 2. The molecule has 0 aromatic heterocycles. The quantitative estimate of drug-likeness (QED) is 0.868. The average molecular weight is 309 g/mol. The van der Waals surface area contributed by atoms with Crippen molar-refractivity contribution in [2.24, 2.45) is 16.7 Å². The lowest BCUT2D eigenvalue weighted by molar-refractivity contribution is -0.135. The predicted octanol–water partition coefficient (Wildman–Crippen LogP) is 3.09. The first-order valence-corrected chi connectivity index (χ1v) is 8.47. The smallest absolute Gasteiger partial charge is 0.220 e. The van der Waals surface area contributed by atoms with E-state index < -0.39 is 11.5 Å². The van der Waals surface area contributed by atoms with E-state index in [1.807, 2.05) is 41.5 Å². The van der Waals surface area contributed by atoms with Gasteiger partial charge in [-0.1, -0.05) is 41.5 Å². The third-order valence-electron chi connectivity index (χ3n) is 4.85. The summed E-state index contributed by atoms with van der Waals surface area (Å²) in [5.74, 6) is 0.403. The Kier molecular flexibility index (Phi) is 4.72. The van der Waals surface area contributed by atoms with Crippen molar-refractivity contribution in [3.8, 4) is 0 Å². The number of ether oxygens (including phenoxy) is 1. The van der Waals surface area contributed by atoms with E-state index in [0.29, 0.717) is 18.4 Å². The molecule has 0 saturated carbocycles. The van der Waals surface area contributed by atoms with Crippen molar-refractivity contribution < 1.29 is 14.3 Å². The number of hydrogen-bond acceptors (Lipinski definition) is 3. The van der Waals surface area contributed by atoms with E-state index in [9.17, 15) is 9.59 Å². The van der Waals surface area contributed by atoms with Gasteiger partial charge in [-0.2, -0.15) is 0 Å². The molecule has 126 valence electrons. The molecule has 0 aromatic rings. The predicted molar refractivity (Wildman–Crippen MR) is 86.5 cm³/mol. The number of nitrogens with one attached hydrogen (secondary N) is 1. The molecule has 22 heavy (non-hydrogen) atoms. The van der Waals surface area contributed by atoms with E-state index in [4.69, 9.17) is 4.74 Å². The molecule has 2 aliphatic heterocycles. The minimum atomic E-state index is -0.458. The Morgan fingerprint density at radius 2 is 1.77 bits per heavy atom. The van der Waals surface area contributed by atoms with Crippen LogP contribution >= 0.6 is 0 Å². The maximum atomic E-state index is 12.7. The van der Waals surface area contributed by atoms with E-state index in [1.54, 1.807) is 0 Å². The molecule has 4 unspecified atom stereocenters. The van der Waals surface area contributed by atoms with Gasteiger partial charge >= 0.3 is 0 Å². The van der Waals surface area contributed by atoms with Gasteiger partial charge in [0.15, 0.2) is 5.78 Å². The number of ketones is 1. The van der Waals surface area contributed by atoms with Crippen LogP contribution in [0.3, 0.4) is 0 Å². The third kappa shape index (κ3) is 3.89. The highest BCUT2D eigenvalue weighted by Crippen LogP contribution is 2.40. The van der Waals surface area contributed by atoms with Crippen molar-refractivity contribution in [2.45, 2.75) is 85.5 Å². The Morgan fingerprint density at radius 3 is 2.18 bits per heavy atom. The average Bonchev–Trinajstić information content (AvgIpc) is 2.94. The van der Waals surface area contributed by atoms with Gasteiger partial charge in [-0.3, -0.25) is 9.59 Å². The van der Waals surface area contributed by atoms with Crippen LogP contribution in [0.5, 0.6) is 0 Å². The Labute approximate surface area is 134 Å². The summed E-state index contributed by atoms with van der Waals surface area (Å²) < 4.78 is 5.81. The number of amides is 1. The van der Waals surface area contributed by atoms with Crippen LogP contribution in [0.2, 0.25) is 0 Å². The Hall–Kier alpha value is -0.900. The second kappa shape index (κ2) is 5.95. The summed E-state index contributed by atoms with van der Waals surface area (Å²) in [4.78, 5) is 25.1. The molecule has 2 aliphatic rings. The molecule has 4 heteroatoms. The van der Waals surface area contributed by atoms with Crippen molar-refractivity contribution in [2.75, 3.05) is 0 Å². The van der Waals surface area contributed by atoms with Crippen LogP contribution < -0.4 is 5.32 Å². The SMILES string of the molecule is CC(C)(C)C(=O)C(NC(=O)CC1CC2CCC1O2)C(C)(C)C. The molecule has 4 atom stereocenters. The highest BCUT2D eigenvalue weighted by Gasteiger charge is 2.43. The lowest BCUT2D eigenvalue weighted by Gasteiger charge is -2.35. The first-order valence-electron chi connectivity index (χ1n) is 8.47. The number of rotatable bonds is 4. The molecular weight excluding hydrogens is 278 g/mol. The fourth-order valence-corrected chi connectivity index (χ4v) is 3.52. The number of Topliss-reactive ketones (excluding diaryl/α,β-unsaturated/α-hetero) is 1. The molecule has 2 saturated heterocycles. The van der Waals surface area contributed by atoms with Crippen molar-refractivity contribution in [1.29, 1.82) is 0 Å². The van der Waals surface area contributed by atoms with Crippen LogP contribution in [0.15, 0.2) is 0 Å². The van der Waals surface area contributed by atoms with Crippen molar-refractivity contribution >= 4 is 11.7 Å². The normalized spacial score (nSPS) is 29.5. The Balaban J connectivity index is 1.98. The summed E-state index contributed by atoms with van der Waals surface area (Å²) in [7, 11) is 0. The molecular formula is C18H31NO3. The van der Waals surface area contributed by atoms with Gasteiger partial charge in [0, 0.05) is 11.8 Å². The van der Waals surface area contributed by atoms with E-state index in [2.05, 4.69) is 5.32 Å². The summed E-state index contributed by atoms with van der Waals surface area (Å²) in [5, 5.41) is 3.01. The maximum Gasteiger partial charge on any atom is 0.220 e. The lowest BCUT2D eigenvalue weighted by Crippen LogP contribution is -2.53. The molecule has 1 amide bonds. The Bertz CT molecular complexity index is 444. The molecule has 2 rings (SSSR count). The minimum absolute atomic E-state index is 0.0151. The summed E-state index contributed by atoms with van der Waals surface area (Å²) in [6, 6.07) is -0.445. The zero-order valence-electron chi connectivity index (χ0n) is 14.9. The molecule has 0 aliphatic carbocycles. The van der Waals surface area contributed by atoms with Crippen molar-refractivity contribution in [3.05, 3.63) is 0 Å². The molecule has 4 nitrogen and oxygen atoms in total. The molecule has 1 N–H and O–H groups in total. The number of fused-ring (bicyclic) bond motifs is 2. The van der Waals surface area contributed by atoms with E-state index in [1.165, 1.54) is 0 Å². The van der Waals surface area contributed by atoms with E-state index >= 15 is 0 Å². The molecule has 2 heterocycles. The van der Waals surface area contributed by atoms with Gasteiger partial charge in [0.25, 0.3) is 0 Å². The maximum absolute atomic E-state index is 12.7. The van der Waals surface area contributed by atoms with Gasteiger partial charge in [-0.25, -0.2) is 0 Å². The van der Waals surface area contributed by atoms with E-state index in [-0.39, 0.29) is 23.2 Å². The zero-order chi connectivity index (χ0) is 16.7. The van der Waals surface area contributed by atoms with Crippen LogP contribution in [0.4, 0.5) is 0 Å². The number of carbonyl (C=O) groups is 2. The fourth-order valence-electron chi connectivity index (χ4n) is 3.52. The van der Waals surface area contributed by atoms with Crippen LogP contribution in [0.25, 0.3) is 0 Å². The highest BCUT2D eigenvalue weighted by atomic mass is 16.5. The molecule has 0 spiro atoms. The number of hydrogen-bond donors (Lipinski definition) is 1. The van der Waals surface area contributed by atoms with Gasteiger partial charge in [0.05, 0.1) is 18.2 Å². The second-order valence-electron chi connectivity index (χ2n) is 9.05. The minimum Gasteiger partial charge on any atom is -0.375 e. The lowest BCUT2D eigenvalue weighted by atomic mass is 9.75. The van der Waals surface area contributed by atoms with Crippen molar-refractivity contribution in [1.82, 2.24) is 5.32 Å². The molecule has 0 radical (unpaired) electrons. The van der Waals surface area contributed by atoms with Gasteiger partial charge < -0.3 is 10.1 Å². The molecule has 2 fully saturated rings. The molecule has 0 aromatic carbocycles. The summed E-state index contributed by atoms with van der Waals surface area (Å²) >= 11 is 0. The third-order valence-corrected chi connectivity index (χ3v) is 4.85. The van der Waals surface area contributed by atoms with Crippen LogP contribution in [-0.4, -0.2) is 29.9 Å². The van der Waals surface area contributed by atoms with Crippen LogP contribution in [-0.2, 0) is 14.3 Å². The first-order chi connectivity index (χ1) is 9.98. The van der Waals surface area contributed by atoms with Crippen LogP contribution in [0.1, 0.15) is 67.2 Å². The van der Waals surface area contributed by atoms with Crippen molar-refractivity contribution in [3.63, 3.8) is 0 Å². The largest absolute Gasteiger partial charge is 0.375 e. The van der Waals surface area contributed by atoms with Gasteiger partial charge in [-0.15, -0.1) is 0 Å². The summed E-state index contributed by atoms with van der Waals surface area (Å²) in [6.45, 7) is 11.7. The van der Waals surface area contributed by atoms with E-state index in [0.717, 1.165) is 19.3 Å². The van der Waals surface area contributed by atoms with Gasteiger partial charge in [0.1, 0.15) is 0 Å². The zero-order valence-corrected chi connectivity index (χ0v) is 14.9. The summed E-state index contributed by atoms with van der Waals surface area (Å²) in [5.41, 5.74) is -0.744. The Morgan fingerprint density at radius 1 is 1.14 bits per heavy atom. The molecule has 2 bridgehead atoms. The fraction of sp³-hybridized carbons (Fsp3) is 0.889. The van der Waals surface area contributed by atoms with Gasteiger partial charge in [0.2, 0.25) is 5.91 Å². The monoisotopic (exact) mass is 309 g/mol. The van der Waals surface area contributed by atoms with Gasteiger partial charge in [-0.05, 0) is 30.6 Å². The first kappa shape index (κ1) is 17.5. The highest BCUT2D eigenvalue weighted by molar-refractivity contribution is 5.93. The summed E-state index contributed by atoms with van der Waals surface area (Å²) in [6.07, 6.45) is 4.29. The standard InChI is InChI=1S/C18H31NO3/c1-17(2,3)15(16(21)18(4,5)6)19-14(20)10-11-9-12-7-8-13(11)22-12/h11-13,15H,7-10H2,1-6H3,(H,19,20). The van der Waals surface area contributed by atoms with Crippen LogP contribution in [0, 0.1) is 16.7 Å². The second-order valence-corrected chi connectivity index (χ2v) is 9.05.